The van der Waals surface area contributed by atoms with Crippen molar-refractivity contribution in [1.29, 1.82) is 0 Å². The number of alkyl halides is 1. The van der Waals surface area contributed by atoms with Gasteiger partial charge in [-0.25, -0.2) is 9.18 Å². The molecule has 0 radical (unpaired) electrons. The molecule has 0 amide bonds. The minimum atomic E-state index is -1.53. The van der Waals surface area contributed by atoms with Crippen molar-refractivity contribution in [2.75, 3.05) is 7.11 Å². The Balaban J connectivity index is 2.26. The number of carbonyl (C=O) groups excluding carboxylic acids is 1. The molecule has 0 aromatic carbocycles. The smallest absolute Gasteiger partial charge is 0.336 e. The fourth-order valence-electron chi connectivity index (χ4n) is 2.05. The topological polar surface area (TPSA) is 75.1 Å². The van der Waals surface area contributed by atoms with Gasteiger partial charge in [-0.3, -0.25) is 0 Å². The number of azide groups is 1. The number of hydrogen-bond donors (Lipinski definition) is 0. The van der Waals surface area contributed by atoms with Gasteiger partial charge in [-0.05, 0) is 23.8 Å². The highest BCUT2D eigenvalue weighted by Gasteiger charge is 2.51. The molecule has 0 aromatic heterocycles. The van der Waals surface area contributed by atoms with E-state index >= 15 is 0 Å². The summed E-state index contributed by atoms with van der Waals surface area (Å²) in [5, 5.41) is 3.41. The van der Waals surface area contributed by atoms with Crippen LogP contribution in [0.3, 0.4) is 0 Å². The van der Waals surface area contributed by atoms with Crippen LogP contribution in [0, 0.1) is 11.8 Å². The molecule has 1 saturated carbocycles. The lowest BCUT2D eigenvalue weighted by Gasteiger charge is -2.21. The monoisotopic (exact) mass is 211 g/mol. The number of esters is 1. The number of ether oxygens (including phenoxy) is 1. The van der Waals surface area contributed by atoms with Crippen molar-refractivity contribution in [3.63, 3.8) is 0 Å². The number of allylic oxidation sites excluding steroid dienone is 1. The number of rotatable bonds is 2. The number of halogens is 1. The molecule has 80 valence electrons. The van der Waals surface area contributed by atoms with E-state index in [-0.39, 0.29) is 17.4 Å². The first-order chi connectivity index (χ1) is 7.19. The Morgan fingerprint density at radius 2 is 2.53 bits per heavy atom. The summed E-state index contributed by atoms with van der Waals surface area (Å²) in [6, 6.07) is -0.751. The third-order valence-electron chi connectivity index (χ3n) is 2.93. The van der Waals surface area contributed by atoms with Gasteiger partial charge in [0.05, 0.1) is 18.7 Å². The van der Waals surface area contributed by atoms with Crippen LogP contribution in [0.4, 0.5) is 4.39 Å². The van der Waals surface area contributed by atoms with E-state index < -0.39 is 18.2 Å². The maximum atomic E-state index is 13.8. The van der Waals surface area contributed by atoms with Crippen LogP contribution in [0.15, 0.2) is 16.8 Å². The van der Waals surface area contributed by atoms with Crippen LogP contribution in [0.1, 0.15) is 6.42 Å². The summed E-state index contributed by atoms with van der Waals surface area (Å²) >= 11 is 0. The van der Waals surface area contributed by atoms with Gasteiger partial charge in [0.15, 0.2) is 0 Å². The van der Waals surface area contributed by atoms with Crippen LogP contribution in [0.2, 0.25) is 0 Å². The lowest BCUT2D eigenvalue weighted by molar-refractivity contribution is -0.137. The fraction of sp³-hybridized carbons (Fsp3) is 0.667. The molecule has 0 aliphatic heterocycles. The Morgan fingerprint density at radius 3 is 3.13 bits per heavy atom. The van der Waals surface area contributed by atoms with Crippen LogP contribution in [0.5, 0.6) is 0 Å². The Labute approximate surface area is 85.5 Å². The summed E-state index contributed by atoms with van der Waals surface area (Å²) in [5.41, 5.74) is 8.30. The van der Waals surface area contributed by atoms with E-state index in [1.165, 1.54) is 7.11 Å². The van der Waals surface area contributed by atoms with Gasteiger partial charge < -0.3 is 4.74 Å². The van der Waals surface area contributed by atoms with Crippen molar-refractivity contribution in [3.05, 3.63) is 22.1 Å². The third-order valence-corrected chi connectivity index (χ3v) is 2.93. The van der Waals surface area contributed by atoms with E-state index in [1.54, 1.807) is 6.08 Å². The van der Waals surface area contributed by atoms with Crippen LogP contribution < -0.4 is 0 Å². The van der Waals surface area contributed by atoms with Crippen molar-refractivity contribution < 1.29 is 13.9 Å². The maximum Gasteiger partial charge on any atom is 0.336 e. The SMILES string of the molecule is COC(=O)C1=C[C@@H]2C[C@@H]2[C@@H](N=[N+]=[N-])[C@H]1F. The normalized spacial score (nSPS) is 37.1. The number of hydrogen-bond acceptors (Lipinski definition) is 3. The molecule has 0 heterocycles. The molecule has 0 aromatic rings. The van der Waals surface area contributed by atoms with Crippen molar-refractivity contribution in [1.82, 2.24) is 0 Å². The van der Waals surface area contributed by atoms with Crippen LogP contribution >= 0.6 is 0 Å². The standard InChI is InChI=1S/C9H10FN3O2/c1-15-9(14)6-3-4-2-5(4)8(7(6)10)12-13-11/h3-5,7-8H,2H2,1H3/t4-,5-,7-,8+/m0/s1. The molecule has 2 aliphatic carbocycles. The molecule has 4 atom stereocenters. The highest BCUT2D eigenvalue weighted by Crippen LogP contribution is 2.50. The summed E-state index contributed by atoms with van der Waals surface area (Å²) in [7, 11) is 1.21. The summed E-state index contributed by atoms with van der Waals surface area (Å²) in [4.78, 5) is 13.8. The second-order valence-electron chi connectivity index (χ2n) is 3.77. The Bertz CT molecular complexity index is 376. The van der Waals surface area contributed by atoms with Crippen LogP contribution in [-0.2, 0) is 9.53 Å². The average molecular weight is 211 g/mol. The molecule has 0 unspecified atom stereocenters. The van der Waals surface area contributed by atoms with E-state index in [9.17, 15) is 9.18 Å². The molecule has 0 N–H and O–H groups in total. The molecule has 5 nitrogen and oxygen atoms in total. The molecule has 1 fully saturated rings. The summed E-state index contributed by atoms with van der Waals surface area (Å²) in [6.45, 7) is 0. The quantitative estimate of drug-likeness (QED) is 0.302. The molecular formula is C9H10FN3O2. The van der Waals surface area contributed by atoms with Crippen molar-refractivity contribution >= 4 is 5.97 Å². The first-order valence-corrected chi connectivity index (χ1v) is 4.67. The zero-order valence-electron chi connectivity index (χ0n) is 8.13. The molecule has 6 heteroatoms. The van der Waals surface area contributed by atoms with Gasteiger partial charge >= 0.3 is 5.97 Å². The lowest BCUT2D eigenvalue weighted by Crippen LogP contribution is -2.31. The van der Waals surface area contributed by atoms with Gasteiger partial charge in [0.1, 0.15) is 6.17 Å². The van der Waals surface area contributed by atoms with Gasteiger partial charge in [-0.15, -0.1) is 0 Å². The molecule has 0 spiro atoms. The molecule has 2 aliphatic rings. The second kappa shape index (κ2) is 3.55. The Morgan fingerprint density at radius 1 is 1.80 bits per heavy atom. The predicted octanol–water partition coefficient (Wildman–Crippen LogP) is 1.75. The summed E-state index contributed by atoms with van der Waals surface area (Å²) in [6.07, 6.45) is 0.854. The lowest BCUT2D eigenvalue weighted by atomic mass is 9.93. The minimum absolute atomic E-state index is 0.00588. The largest absolute Gasteiger partial charge is 0.466 e. The van der Waals surface area contributed by atoms with Gasteiger partial charge in [0.25, 0.3) is 0 Å². The van der Waals surface area contributed by atoms with Crippen LogP contribution in [-0.4, -0.2) is 25.3 Å². The second-order valence-corrected chi connectivity index (χ2v) is 3.77. The molecule has 2 rings (SSSR count). The zero-order valence-corrected chi connectivity index (χ0v) is 8.13. The molecule has 0 saturated heterocycles. The van der Waals surface area contributed by atoms with E-state index in [1.807, 2.05) is 0 Å². The third kappa shape index (κ3) is 1.57. The number of fused-ring (bicyclic) bond motifs is 1. The highest BCUT2D eigenvalue weighted by molar-refractivity contribution is 5.90. The van der Waals surface area contributed by atoms with Gasteiger partial charge in [-0.2, -0.15) is 0 Å². The zero-order chi connectivity index (χ0) is 11.0. The van der Waals surface area contributed by atoms with Crippen LogP contribution in [0.25, 0.3) is 10.4 Å². The summed E-state index contributed by atoms with van der Waals surface area (Å²) < 4.78 is 18.3. The average Bonchev–Trinajstić information content (AvgIpc) is 3.00. The minimum Gasteiger partial charge on any atom is -0.466 e. The maximum absolute atomic E-state index is 13.8. The predicted molar refractivity (Wildman–Crippen MR) is 49.5 cm³/mol. The number of methoxy groups -OCH3 is 1. The number of nitrogens with zero attached hydrogens (tertiary/aromatic N) is 3. The van der Waals surface area contributed by atoms with E-state index in [0.717, 1.165) is 6.42 Å². The first-order valence-electron chi connectivity index (χ1n) is 4.67. The van der Waals surface area contributed by atoms with Crippen molar-refractivity contribution in [2.45, 2.75) is 18.6 Å². The van der Waals surface area contributed by atoms with Gasteiger partial charge in [0, 0.05) is 4.91 Å². The van der Waals surface area contributed by atoms with E-state index in [2.05, 4.69) is 14.8 Å². The Kier molecular flexibility index (Phi) is 2.36. The fourth-order valence-corrected chi connectivity index (χ4v) is 2.05. The molecular weight excluding hydrogens is 201 g/mol. The van der Waals surface area contributed by atoms with Crippen molar-refractivity contribution in [3.8, 4) is 0 Å². The first kappa shape index (κ1) is 9.98. The molecule has 0 bridgehead atoms. The Hall–Kier alpha value is -1.55. The van der Waals surface area contributed by atoms with Gasteiger partial charge in [0.2, 0.25) is 0 Å². The molecule has 15 heavy (non-hydrogen) atoms. The van der Waals surface area contributed by atoms with Crippen molar-refractivity contribution in [2.24, 2.45) is 17.0 Å². The van der Waals surface area contributed by atoms with E-state index in [4.69, 9.17) is 5.53 Å². The summed E-state index contributed by atoms with van der Waals surface area (Å²) in [5.74, 6) is -0.447. The number of carbonyl (C=O) groups is 1. The van der Waals surface area contributed by atoms with E-state index in [0.29, 0.717) is 0 Å². The highest BCUT2D eigenvalue weighted by atomic mass is 19.1. The van der Waals surface area contributed by atoms with Gasteiger partial charge in [-0.1, -0.05) is 11.2 Å².